The van der Waals surface area contributed by atoms with E-state index in [1.165, 1.54) is 7.11 Å². The van der Waals surface area contributed by atoms with E-state index in [2.05, 4.69) is 4.74 Å². The Labute approximate surface area is 89.6 Å². The van der Waals surface area contributed by atoms with Crippen molar-refractivity contribution in [3.8, 4) is 0 Å². The van der Waals surface area contributed by atoms with E-state index in [-0.39, 0.29) is 17.9 Å². The third-order valence-electron chi connectivity index (χ3n) is 1.86. The second kappa shape index (κ2) is 9.31. The second-order valence-corrected chi connectivity index (χ2v) is 4.38. The first kappa shape index (κ1) is 13.8. The molecular weight excluding hydrogens is 203 g/mol. The summed E-state index contributed by atoms with van der Waals surface area (Å²) in [5.74, 6) is 0.682. The summed E-state index contributed by atoms with van der Waals surface area (Å²) in [7, 11) is 1.41. The topological polar surface area (TPSA) is 26.3 Å². The lowest BCUT2D eigenvalue weighted by Gasteiger charge is -2.12. The van der Waals surface area contributed by atoms with Crippen molar-refractivity contribution in [3.05, 3.63) is 0 Å². The van der Waals surface area contributed by atoms with E-state index in [0.717, 1.165) is 25.0 Å². The summed E-state index contributed by atoms with van der Waals surface area (Å²) in [6.07, 6.45) is 3.23. The molecule has 0 aromatic rings. The molecule has 0 rings (SSSR count). The lowest BCUT2D eigenvalue weighted by Crippen LogP contribution is -2.19. The van der Waals surface area contributed by atoms with Crippen molar-refractivity contribution >= 4 is 17.7 Å². The first-order valence-electron chi connectivity index (χ1n) is 5.01. The van der Waals surface area contributed by atoms with Gasteiger partial charge in [-0.2, -0.15) is 0 Å². The Morgan fingerprint density at radius 3 is 2.71 bits per heavy atom. The molecule has 0 saturated heterocycles. The van der Waals surface area contributed by atoms with Gasteiger partial charge in [-0.15, -0.1) is 11.8 Å². The van der Waals surface area contributed by atoms with Gasteiger partial charge in [0.1, 0.15) is 5.25 Å². The molecule has 0 aromatic heterocycles. The first-order valence-corrected chi connectivity index (χ1v) is 6.06. The summed E-state index contributed by atoms with van der Waals surface area (Å²) in [4.78, 5) is 11.2. The van der Waals surface area contributed by atoms with Gasteiger partial charge in [-0.1, -0.05) is 13.3 Å². The molecule has 1 unspecified atom stereocenters. The molecule has 14 heavy (non-hydrogen) atoms. The Hall–Kier alpha value is -0.250. The van der Waals surface area contributed by atoms with E-state index in [1.807, 2.05) is 6.92 Å². The van der Waals surface area contributed by atoms with Crippen LogP contribution in [0.4, 0.5) is 4.39 Å². The van der Waals surface area contributed by atoms with Crippen molar-refractivity contribution in [2.24, 2.45) is 0 Å². The molecule has 0 radical (unpaired) electrons. The van der Waals surface area contributed by atoms with Gasteiger partial charge in [0, 0.05) is 0 Å². The van der Waals surface area contributed by atoms with Crippen LogP contribution in [0.15, 0.2) is 0 Å². The third kappa shape index (κ3) is 6.24. The quantitative estimate of drug-likeness (QED) is 0.466. The van der Waals surface area contributed by atoms with Gasteiger partial charge in [0.05, 0.1) is 13.8 Å². The molecule has 2 nitrogen and oxygen atoms in total. The highest BCUT2D eigenvalue weighted by Crippen LogP contribution is 2.19. The maximum Gasteiger partial charge on any atom is 0.318 e. The minimum Gasteiger partial charge on any atom is -0.468 e. The lowest BCUT2D eigenvalue weighted by atomic mass is 10.2. The molecule has 0 spiro atoms. The average Bonchev–Trinajstić information content (AvgIpc) is 2.21. The Balaban J connectivity index is 3.67. The van der Waals surface area contributed by atoms with E-state index in [4.69, 9.17) is 0 Å². The van der Waals surface area contributed by atoms with Crippen molar-refractivity contribution in [2.75, 3.05) is 19.5 Å². The lowest BCUT2D eigenvalue weighted by molar-refractivity contribution is -0.140. The molecule has 84 valence electrons. The van der Waals surface area contributed by atoms with Crippen LogP contribution in [0.3, 0.4) is 0 Å². The number of esters is 1. The Bertz CT molecular complexity index is 153. The monoisotopic (exact) mass is 222 g/mol. The molecule has 0 saturated carbocycles. The Kier molecular flexibility index (Phi) is 9.14. The Morgan fingerprint density at radius 1 is 1.50 bits per heavy atom. The second-order valence-electron chi connectivity index (χ2n) is 3.07. The number of hydrogen-bond donors (Lipinski definition) is 0. The van der Waals surface area contributed by atoms with Crippen LogP contribution < -0.4 is 0 Å². The molecule has 0 fully saturated rings. The van der Waals surface area contributed by atoms with Crippen LogP contribution in [0.1, 0.15) is 32.6 Å². The Morgan fingerprint density at radius 2 is 2.21 bits per heavy atom. The summed E-state index contributed by atoms with van der Waals surface area (Å²) >= 11 is 1.58. The van der Waals surface area contributed by atoms with Crippen LogP contribution in [0.2, 0.25) is 0 Å². The maximum atomic E-state index is 11.8. The van der Waals surface area contributed by atoms with Crippen LogP contribution in [0.5, 0.6) is 0 Å². The standard InChI is InChI=1S/C10H19FO2S/c1-3-6-9(10(12)13-2)14-8-5-4-7-11/h9H,3-8H2,1-2H3. The van der Waals surface area contributed by atoms with Gasteiger partial charge in [-0.25, -0.2) is 0 Å². The highest BCUT2D eigenvalue weighted by molar-refractivity contribution is 8.00. The minimum absolute atomic E-state index is 0.0652. The van der Waals surface area contributed by atoms with Crippen LogP contribution in [0.25, 0.3) is 0 Å². The fraction of sp³-hybridized carbons (Fsp3) is 0.900. The van der Waals surface area contributed by atoms with Crippen molar-refractivity contribution in [2.45, 2.75) is 37.9 Å². The van der Waals surface area contributed by atoms with Gasteiger partial charge in [-0.3, -0.25) is 9.18 Å². The zero-order valence-electron chi connectivity index (χ0n) is 8.92. The van der Waals surface area contributed by atoms with E-state index in [0.29, 0.717) is 6.42 Å². The molecule has 0 aliphatic rings. The SMILES string of the molecule is CCCC(SCCCCF)C(=O)OC. The average molecular weight is 222 g/mol. The fourth-order valence-electron chi connectivity index (χ4n) is 1.09. The van der Waals surface area contributed by atoms with Gasteiger partial charge >= 0.3 is 5.97 Å². The number of carbonyl (C=O) groups excluding carboxylic acids is 1. The summed E-state index contributed by atoms with van der Waals surface area (Å²) in [5, 5.41) is -0.0652. The van der Waals surface area contributed by atoms with Gasteiger partial charge in [-0.05, 0) is 25.0 Å². The van der Waals surface area contributed by atoms with Crippen molar-refractivity contribution in [1.29, 1.82) is 0 Å². The summed E-state index contributed by atoms with van der Waals surface area (Å²) in [5.41, 5.74) is 0. The number of halogens is 1. The number of rotatable bonds is 8. The maximum absolute atomic E-state index is 11.8. The van der Waals surface area contributed by atoms with E-state index >= 15 is 0 Å². The number of carbonyl (C=O) groups is 1. The highest BCUT2D eigenvalue weighted by Gasteiger charge is 2.17. The largest absolute Gasteiger partial charge is 0.468 e. The van der Waals surface area contributed by atoms with Crippen molar-refractivity contribution in [1.82, 2.24) is 0 Å². The fourth-order valence-corrected chi connectivity index (χ4v) is 2.37. The molecule has 4 heteroatoms. The summed E-state index contributed by atoms with van der Waals surface area (Å²) in [6, 6.07) is 0. The van der Waals surface area contributed by atoms with Gasteiger partial charge in [0.2, 0.25) is 0 Å². The number of alkyl halides is 1. The summed E-state index contributed by atoms with van der Waals surface area (Å²) in [6.45, 7) is 1.77. The molecule has 0 aliphatic carbocycles. The smallest absolute Gasteiger partial charge is 0.318 e. The predicted octanol–water partition coefficient (Wildman–Crippen LogP) is 2.81. The molecule has 0 amide bonds. The number of methoxy groups -OCH3 is 1. The van der Waals surface area contributed by atoms with Crippen molar-refractivity contribution in [3.63, 3.8) is 0 Å². The van der Waals surface area contributed by atoms with Crippen LogP contribution >= 0.6 is 11.8 Å². The predicted molar refractivity (Wildman–Crippen MR) is 58.4 cm³/mol. The molecule has 0 aliphatic heterocycles. The van der Waals surface area contributed by atoms with Crippen LogP contribution in [0, 0.1) is 0 Å². The number of thioether (sulfide) groups is 1. The van der Waals surface area contributed by atoms with Gasteiger partial charge in [0.25, 0.3) is 0 Å². The molecule has 0 heterocycles. The number of ether oxygens (including phenoxy) is 1. The normalized spacial score (nSPS) is 12.5. The molecule has 1 atom stereocenters. The zero-order valence-corrected chi connectivity index (χ0v) is 9.74. The first-order chi connectivity index (χ1) is 6.76. The minimum atomic E-state index is -0.267. The zero-order chi connectivity index (χ0) is 10.8. The highest BCUT2D eigenvalue weighted by atomic mass is 32.2. The molecule has 0 bridgehead atoms. The number of hydrogen-bond acceptors (Lipinski definition) is 3. The van der Waals surface area contributed by atoms with Crippen molar-refractivity contribution < 1.29 is 13.9 Å². The van der Waals surface area contributed by atoms with E-state index < -0.39 is 0 Å². The molecule has 0 N–H and O–H groups in total. The van der Waals surface area contributed by atoms with Gasteiger partial charge < -0.3 is 4.74 Å². The van der Waals surface area contributed by atoms with E-state index in [1.54, 1.807) is 11.8 Å². The summed E-state index contributed by atoms with van der Waals surface area (Å²) < 4.78 is 16.5. The molecule has 0 aromatic carbocycles. The van der Waals surface area contributed by atoms with E-state index in [9.17, 15) is 9.18 Å². The number of unbranched alkanes of at least 4 members (excludes halogenated alkanes) is 1. The third-order valence-corrected chi connectivity index (χ3v) is 3.22. The molecular formula is C10H19FO2S. The van der Waals surface area contributed by atoms with Gasteiger partial charge in [0.15, 0.2) is 0 Å². The van der Waals surface area contributed by atoms with Crippen LogP contribution in [-0.2, 0) is 9.53 Å². The van der Waals surface area contributed by atoms with Crippen LogP contribution in [-0.4, -0.2) is 30.8 Å².